The van der Waals surface area contributed by atoms with Crippen molar-refractivity contribution in [2.75, 3.05) is 18.5 Å². The average Bonchev–Trinajstić information content (AvgIpc) is 2.90. The number of rotatable bonds is 4. The van der Waals surface area contributed by atoms with Gasteiger partial charge in [-0.3, -0.25) is 5.32 Å². The Bertz CT molecular complexity index is 509. The molecular formula is C13H14N2O3. The molecule has 0 atom stereocenters. The van der Waals surface area contributed by atoms with Gasteiger partial charge in [-0.1, -0.05) is 6.07 Å². The van der Waals surface area contributed by atoms with Crippen LogP contribution < -0.4 is 5.32 Å². The van der Waals surface area contributed by atoms with E-state index in [2.05, 4.69) is 5.32 Å². The fourth-order valence-electron chi connectivity index (χ4n) is 1.54. The lowest BCUT2D eigenvalue weighted by Gasteiger charge is -2.08. The molecule has 1 aromatic heterocycles. The third-order valence-corrected chi connectivity index (χ3v) is 2.32. The highest BCUT2D eigenvalue weighted by atomic mass is 16.6. The quantitative estimate of drug-likeness (QED) is 0.867. The number of nitrogens with one attached hydrogen (secondary N) is 1. The van der Waals surface area contributed by atoms with Crippen LogP contribution in [0.25, 0.3) is 5.69 Å². The van der Waals surface area contributed by atoms with Gasteiger partial charge in [0.1, 0.15) is 6.61 Å². The largest absolute Gasteiger partial charge is 0.447 e. The average molecular weight is 246 g/mol. The maximum absolute atomic E-state index is 11.3. The van der Waals surface area contributed by atoms with Gasteiger partial charge >= 0.3 is 6.09 Å². The van der Waals surface area contributed by atoms with Gasteiger partial charge < -0.3 is 14.4 Å². The van der Waals surface area contributed by atoms with Crippen LogP contribution in [0.5, 0.6) is 0 Å². The van der Waals surface area contributed by atoms with E-state index in [0.717, 1.165) is 5.69 Å². The predicted octanol–water partition coefficient (Wildman–Crippen LogP) is 2.02. The first-order chi connectivity index (χ1) is 8.79. The van der Waals surface area contributed by atoms with Crippen LogP contribution in [0.3, 0.4) is 0 Å². The van der Waals surface area contributed by atoms with Crippen LogP contribution in [0.15, 0.2) is 48.8 Å². The topological polar surface area (TPSA) is 63.5 Å². The van der Waals surface area contributed by atoms with E-state index in [9.17, 15) is 4.79 Å². The van der Waals surface area contributed by atoms with Gasteiger partial charge in [0.25, 0.3) is 0 Å². The van der Waals surface area contributed by atoms with E-state index in [0.29, 0.717) is 5.69 Å². The lowest BCUT2D eigenvalue weighted by molar-refractivity contribution is 0.131. The normalized spacial score (nSPS) is 10.1. The Morgan fingerprint density at radius 1 is 1.28 bits per heavy atom. The van der Waals surface area contributed by atoms with Crippen molar-refractivity contribution in [1.29, 1.82) is 0 Å². The second-order valence-corrected chi connectivity index (χ2v) is 3.63. The maximum Gasteiger partial charge on any atom is 0.411 e. The Morgan fingerprint density at radius 3 is 2.78 bits per heavy atom. The highest BCUT2D eigenvalue weighted by Crippen LogP contribution is 2.14. The Kier molecular flexibility index (Phi) is 3.98. The molecule has 0 spiro atoms. The van der Waals surface area contributed by atoms with Crippen LogP contribution in [0.2, 0.25) is 0 Å². The number of hydrogen-bond acceptors (Lipinski definition) is 3. The van der Waals surface area contributed by atoms with E-state index >= 15 is 0 Å². The molecule has 0 saturated heterocycles. The highest BCUT2D eigenvalue weighted by Gasteiger charge is 2.03. The number of aliphatic hydroxyl groups is 1. The molecule has 18 heavy (non-hydrogen) atoms. The molecule has 0 saturated carbocycles. The lowest BCUT2D eigenvalue weighted by atomic mass is 10.3. The van der Waals surface area contributed by atoms with Crippen molar-refractivity contribution in [3.63, 3.8) is 0 Å². The molecule has 2 N–H and O–H groups in total. The monoisotopic (exact) mass is 246 g/mol. The van der Waals surface area contributed by atoms with Crippen molar-refractivity contribution in [2.45, 2.75) is 0 Å². The summed E-state index contributed by atoms with van der Waals surface area (Å²) in [6, 6.07) is 11.2. The number of carbonyl (C=O) groups excluding carboxylic acids is 1. The van der Waals surface area contributed by atoms with Gasteiger partial charge in [-0.05, 0) is 30.3 Å². The third kappa shape index (κ3) is 3.11. The lowest BCUT2D eigenvalue weighted by Crippen LogP contribution is -2.15. The van der Waals surface area contributed by atoms with Gasteiger partial charge in [0, 0.05) is 23.8 Å². The zero-order valence-corrected chi connectivity index (χ0v) is 9.74. The van der Waals surface area contributed by atoms with Crippen molar-refractivity contribution in [3.05, 3.63) is 48.8 Å². The molecule has 2 rings (SSSR count). The first kappa shape index (κ1) is 12.2. The number of amides is 1. The van der Waals surface area contributed by atoms with Crippen LogP contribution >= 0.6 is 0 Å². The fraction of sp³-hybridized carbons (Fsp3) is 0.154. The molecule has 0 aliphatic carbocycles. The molecule has 0 bridgehead atoms. The predicted molar refractivity (Wildman–Crippen MR) is 67.8 cm³/mol. The molecule has 1 heterocycles. The van der Waals surface area contributed by atoms with Crippen molar-refractivity contribution in [2.24, 2.45) is 0 Å². The van der Waals surface area contributed by atoms with Crippen LogP contribution in [0.1, 0.15) is 0 Å². The van der Waals surface area contributed by atoms with E-state index in [1.165, 1.54) is 0 Å². The number of carbonyl (C=O) groups is 1. The zero-order chi connectivity index (χ0) is 12.8. The van der Waals surface area contributed by atoms with Gasteiger partial charge in [0.05, 0.1) is 6.61 Å². The van der Waals surface area contributed by atoms with Gasteiger partial charge in [-0.25, -0.2) is 4.79 Å². The SMILES string of the molecule is O=C(Nc1cccc(-n2cccc2)c1)OCCO. The highest BCUT2D eigenvalue weighted by molar-refractivity contribution is 5.84. The van der Waals surface area contributed by atoms with Gasteiger partial charge in [-0.15, -0.1) is 0 Å². The summed E-state index contributed by atoms with van der Waals surface area (Å²) in [6.45, 7) is -0.194. The minimum absolute atomic E-state index is 0.0108. The molecule has 94 valence electrons. The third-order valence-electron chi connectivity index (χ3n) is 2.32. The minimum atomic E-state index is -0.575. The first-order valence-electron chi connectivity index (χ1n) is 5.57. The molecule has 1 amide bonds. The second-order valence-electron chi connectivity index (χ2n) is 3.63. The molecule has 0 radical (unpaired) electrons. The number of benzene rings is 1. The van der Waals surface area contributed by atoms with E-state index in [1.807, 2.05) is 47.3 Å². The fourth-order valence-corrected chi connectivity index (χ4v) is 1.54. The van der Waals surface area contributed by atoms with Crippen LogP contribution in [-0.2, 0) is 4.74 Å². The van der Waals surface area contributed by atoms with Crippen molar-refractivity contribution >= 4 is 11.8 Å². The summed E-state index contributed by atoms with van der Waals surface area (Å²) in [4.78, 5) is 11.3. The first-order valence-corrected chi connectivity index (χ1v) is 5.57. The number of aromatic nitrogens is 1. The number of ether oxygens (including phenoxy) is 1. The summed E-state index contributed by atoms with van der Waals surface area (Å²) in [5, 5.41) is 11.1. The minimum Gasteiger partial charge on any atom is -0.447 e. The number of aliphatic hydroxyl groups excluding tert-OH is 1. The Labute approximate surface area is 105 Å². The molecule has 0 unspecified atom stereocenters. The standard InChI is InChI=1S/C13H14N2O3/c16-8-9-18-13(17)14-11-4-3-5-12(10-11)15-6-1-2-7-15/h1-7,10,16H,8-9H2,(H,14,17). The number of anilines is 1. The number of nitrogens with zero attached hydrogens (tertiary/aromatic N) is 1. The summed E-state index contributed by atoms with van der Waals surface area (Å²) in [7, 11) is 0. The second kappa shape index (κ2) is 5.88. The van der Waals surface area contributed by atoms with Crippen molar-refractivity contribution in [1.82, 2.24) is 4.57 Å². The van der Waals surface area contributed by atoms with Crippen molar-refractivity contribution in [3.8, 4) is 5.69 Å². The number of hydrogen-bond donors (Lipinski definition) is 2. The summed E-state index contributed by atoms with van der Waals surface area (Å²) in [6.07, 6.45) is 3.26. The van der Waals surface area contributed by atoms with Gasteiger partial charge in [-0.2, -0.15) is 0 Å². The molecule has 0 aliphatic rings. The van der Waals surface area contributed by atoms with Crippen LogP contribution in [0.4, 0.5) is 10.5 Å². The van der Waals surface area contributed by atoms with E-state index in [4.69, 9.17) is 9.84 Å². The molecule has 0 fully saturated rings. The van der Waals surface area contributed by atoms with E-state index in [-0.39, 0.29) is 13.2 Å². The smallest absolute Gasteiger partial charge is 0.411 e. The molecule has 5 heteroatoms. The van der Waals surface area contributed by atoms with Gasteiger partial charge in [0.2, 0.25) is 0 Å². The van der Waals surface area contributed by atoms with E-state index < -0.39 is 6.09 Å². The Balaban J connectivity index is 2.06. The molecule has 1 aromatic carbocycles. The Morgan fingerprint density at radius 2 is 2.06 bits per heavy atom. The van der Waals surface area contributed by atoms with Crippen molar-refractivity contribution < 1.29 is 14.6 Å². The van der Waals surface area contributed by atoms with Gasteiger partial charge in [0.15, 0.2) is 0 Å². The summed E-state index contributed by atoms with van der Waals surface area (Å²) in [5.41, 5.74) is 1.59. The van der Waals surface area contributed by atoms with Crippen LogP contribution in [0, 0.1) is 0 Å². The molecule has 5 nitrogen and oxygen atoms in total. The van der Waals surface area contributed by atoms with E-state index in [1.54, 1.807) is 6.07 Å². The zero-order valence-electron chi connectivity index (χ0n) is 9.74. The van der Waals surface area contributed by atoms with Crippen LogP contribution in [-0.4, -0.2) is 29.0 Å². The summed E-state index contributed by atoms with van der Waals surface area (Å²) < 4.78 is 6.65. The molecule has 2 aromatic rings. The molecular weight excluding hydrogens is 232 g/mol. The summed E-state index contributed by atoms with van der Waals surface area (Å²) >= 11 is 0. The maximum atomic E-state index is 11.3. The molecule has 0 aliphatic heterocycles. The summed E-state index contributed by atoms with van der Waals surface area (Å²) in [5.74, 6) is 0. The Hall–Kier alpha value is -2.27.